The highest BCUT2D eigenvalue weighted by Crippen LogP contribution is 2.28. The molecule has 0 radical (unpaired) electrons. The summed E-state index contributed by atoms with van der Waals surface area (Å²) in [6, 6.07) is 26.4. The van der Waals surface area contributed by atoms with Gasteiger partial charge in [0.15, 0.2) is 0 Å². The lowest BCUT2D eigenvalue weighted by Crippen LogP contribution is -2.12. The molecule has 2 amide bonds. The number of aromatic nitrogens is 2. The van der Waals surface area contributed by atoms with Crippen molar-refractivity contribution in [1.82, 2.24) is 20.6 Å². The average Bonchev–Trinajstić information content (AvgIpc) is 3.36. The summed E-state index contributed by atoms with van der Waals surface area (Å²) in [6.45, 7) is 0. The van der Waals surface area contributed by atoms with Crippen molar-refractivity contribution in [2.75, 3.05) is 0 Å². The number of carbonyl (C=O) groups excluding carboxylic acids is 2. The van der Waals surface area contributed by atoms with E-state index >= 15 is 0 Å². The van der Waals surface area contributed by atoms with Gasteiger partial charge < -0.3 is 10.6 Å². The van der Waals surface area contributed by atoms with Crippen molar-refractivity contribution in [2.45, 2.75) is 0 Å². The normalized spacial score (nSPS) is 16.4. The molecule has 2 aliphatic rings. The Bertz CT molecular complexity index is 1430. The van der Waals surface area contributed by atoms with Gasteiger partial charge in [-0.2, -0.15) is 0 Å². The molecule has 2 aromatic heterocycles. The van der Waals surface area contributed by atoms with E-state index in [4.69, 9.17) is 9.97 Å². The summed E-state index contributed by atoms with van der Waals surface area (Å²) in [5.74, 6) is -0.220. The molecule has 0 saturated heterocycles. The molecule has 6 heteroatoms. The Morgan fingerprint density at radius 2 is 0.912 bits per heavy atom. The predicted molar refractivity (Wildman–Crippen MR) is 131 cm³/mol. The van der Waals surface area contributed by atoms with Gasteiger partial charge in [-0.25, -0.2) is 9.97 Å². The van der Waals surface area contributed by atoms with Gasteiger partial charge in [0.1, 0.15) is 0 Å². The molecule has 0 saturated carbocycles. The van der Waals surface area contributed by atoms with Gasteiger partial charge in [0.05, 0.1) is 34.2 Å². The fraction of sp³-hybridized carbons (Fsp3) is 0. The topological polar surface area (TPSA) is 84.0 Å². The number of hydrogen-bond donors (Lipinski definition) is 2. The molecule has 2 aromatic carbocycles. The first kappa shape index (κ1) is 19.8. The van der Waals surface area contributed by atoms with E-state index < -0.39 is 0 Å². The smallest absolute Gasteiger partial charge is 0.256 e. The highest BCUT2D eigenvalue weighted by molar-refractivity contribution is 6.12. The second-order valence-electron chi connectivity index (χ2n) is 8.01. The van der Waals surface area contributed by atoms with Crippen LogP contribution in [0.4, 0.5) is 0 Å². The van der Waals surface area contributed by atoms with Gasteiger partial charge in [-0.05, 0) is 48.6 Å². The van der Waals surface area contributed by atoms with Crippen LogP contribution in [0.2, 0.25) is 0 Å². The fourth-order valence-electron chi connectivity index (χ4n) is 4.22. The summed E-state index contributed by atoms with van der Waals surface area (Å²) in [5, 5.41) is 5.83. The molecule has 4 aromatic rings. The van der Waals surface area contributed by atoms with Gasteiger partial charge in [0.25, 0.3) is 11.8 Å². The number of fused-ring (bicyclic) bond motifs is 2. The van der Waals surface area contributed by atoms with Gasteiger partial charge >= 0.3 is 0 Å². The summed E-state index contributed by atoms with van der Waals surface area (Å²) in [5.41, 5.74) is 7.36. The molecule has 4 heterocycles. The monoisotopic (exact) mass is 442 g/mol. The van der Waals surface area contributed by atoms with E-state index in [0.717, 1.165) is 22.5 Å². The van der Waals surface area contributed by atoms with Gasteiger partial charge in [-0.1, -0.05) is 48.5 Å². The van der Waals surface area contributed by atoms with Crippen molar-refractivity contribution in [2.24, 2.45) is 0 Å². The van der Waals surface area contributed by atoms with Crippen molar-refractivity contribution in [3.63, 3.8) is 0 Å². The largest absolute Gasteiger partial charge is 0.321 e. The predicted octanol–water partition coefficient (Wildman–Crippen LogP) is 4.63. The van der Waals surface area contributed by atoms with E-state index in [1.165, 1.54) is 0 Å². The molecule has 2 N–H and O–H groups in total. The Morgan fingerprint density at radius 1 is 0.500 bits per heavy atom. The van der Waals surface area contributed by atoms with Crippen LogP contribution in [0.25, 0.3) is 34.9 Å². The first-order valence-electron chi connectivity index (χ1n) is 10.9. The Morgan fingerprint density at radius 3 is 1.35 bits per heavy atom. The third-order valence-electron chi connectivity index (χ3n) is 5.81. The molecule has 0 unspecified atom stereocenters. The van der Waals surface area contributed by atoms with E-state index in [9.17, 15) is 9.59 Å². The third-order valence-corrected chi connectivity index (χ3v) is 5.81. The van der Waals surface area contributed by atoms with E-state index in [2.05, 4.69) is 10.6 Å². The molecule has 0 atom stereocenters. The minimum Gasteiger partial charge on any atom is -0.321 e. The van der Waals surface area contributed by atoms with Crippen LogP contribution in [0, 0.1) is 0 Å². The summed E-state index contributed by atoms with van der Waals surface area (Å²) in [4.78, 5) is 33.9. The van der Waals surface area contributed by atoms with E-state index in [0.29, 0.717) is 33.9 Å². The summed E-state index contributed by atoms with van der Waals surface area (Å²) in [6.07, 6.45) is 3.73. The second-order valence-corrected chi connectivity index (χ2v) is 8.01. The standard InChI is InChI=1S/C28H18N4O2/c33-27-21-11-3-1-9-19(21)25(31-27)15-17-7-5-13-23(29-17)24-14-6-8-18(30-24)16-26-20-10-2-4-12-22(20)28(34)32-26/h1-16H,(H,31,33)(H,32,34). The van der Waals surface area contributed by atoms with Gasteiger partial charge in [0, 0.05) is 22.3 Å². The van der Waals surface area contributed by atoms with Crippen molar-refractivity contribution in [1.29, 1.82) is 0 Å². The van der Waals surface area contributed by atoms with E-state index in [1.807, 2.05) is 97.1 Å². The number of hydrogen-bond acceptors (Lipinski definition) is 4. The second kappa shape index (κ2) is 7.94. The van der Waals surface area contributed by atoms with Crippen LogP contribution in [0.5, 0.6) is 0 Å². The maximum Gasteiger partial charge on any atom is 0.256 e. The average molecular weight is 442 g/mol. The van der Waals surface area contributed by atoms with Crippen molar-refractivity contribution in [3.05, 3.63) is 119 Å². The van der Waals surface area contributed by atoms with Crippen LogP contribution >= 0.6 is 0 Å². The molecule has 6 rings (SSSR count). The zero-order chi connectivity index (χ0) is 23.1. The lowest BCUT2D eigenvalue weighted by molar-refractivity contribution is 0.0972. The van der Waals surface area contributed by atoms with E-state index in [1.54, 1.807) is 0 Å². The van der Waals surface area contributed by atoms with Crippen LogP contribution in [0.1, 0.15) is 43.2 Å². The zero-order valence-corrected chi connectivity index (χ0v) is 17.9. The first-order valence-corrected chi connectivity index (χ1v) is 10.9. The first-order chi connectivity index (χ1) is 16.7. The minimum atomic E-state index is -0.110. The number of amides is 2. The lowest BCUT2D eigenvalue weighted by Gasteiger charge is -2.05. The minimum absolute atomic E-state index is 0.110. The number of nitrogens with zero attached hydrogens (tertiary/aromatic N) is 2. The molecule has 6 nitrogen and oxygen atoms in total. The molecule has 0 spiro atoms. The van der Waals surface area contributed by atoms with Crippen LogP contribution in [0.15, 0.2) is 84.9 Å². The summed E-state index contributed by atoms with van der Waals surface area (Å²) >= 11 is 0. The molecular formula is C28H18N4O2. The van der Waals surface area contributed by atoms with Crippen molar-refractivity contribution in [3.8, 4) is 11.4 Å². The van der Waals surface area contributed by atoms with Crippen LogP contribution in [0.3, 0.4) is 0 Å². The Kier molecular flexibility index (Phi) is 4.63. The maximum atomic E-state index is 12.2. The molecule has 162 valence electrons. The molecule has 34 heavy (non-hydrogen) atoms. The zero-order valence-electron chi connectivity index (χ0n) is 17.9. The number of rotatable bonds is 3. The maximum absolute atomic E-state index is 12.2. The SMILES string of the molecule is O=C1NC(=Cc2cccc(-c3cccc(C=C4NC(=O)c5ccccc54)n3)n2)c2ccccc21. The highest BCUT2D eigenvalue weighted by Gasteiger charge is 2.23. The highest BCUT2D eigenvalue weighted by atomic mass is 16.2. The number of nitrogens with one attached hydrogen (secondary N) is 2. The van der Waals surface area contributed by atoms with Crippen LogP contribution in [-0.4, -0.2) is 21.8 Å². The lowest BCUT2D eigenvalue weighted by atomic mass is 10.1. The molecule has 0 aliphatic carbocycles. The van der Waals surface area contributed by atoms with Crippen molar-refractivity contribution >= 4 is 35.4 Å². The number of carbonyl (C=O) groups is 2. The van der Waals surface area contributed by atoms with Crippen molar-refractivity contribution < 1.29 is 9.59 Å². The Labute approximate surface area is 195 Å². The van der Waals surface area contributed by atoms with E-state index in [-0.39, 0.29) is 11.8 Å². The molecular weight excluding hydrogens is 424 g/mol. The van der Waals surface area contributed by atoms with Gasteiger partial charge in [-0.3, -0.25) is 9.59 Å². The third kappa shape index (κ3) is 3.47. The fourth-order valence-corrected chi connectivity index (χ4v) is 4.22. The summed E-state index contributed by atoms with van der Waals surface area (Å²) < 4.78 is 0. The van der Waals surface area contributed by atoms with Crippen LogP contribution < -0.4 is 10.6 Å². The Hall–Kier alpha value is -4.84. The van der Waals surface area contributed by atoms with Gasteiger partial charge in [-0.15, -0.1) is 0 Å². The molecule has 2 aliphatic heterocycles. The van der Waals surface area contributed by atoms with Gasteiger partial charge in [0.2, 0.25) is 0 Å². The Balaban J connectivity index is 1.33. The number of pyridine rings is 2. The number of benzene rings is 2. The molecule has 0 fully saturated rings. The summed E-state index contributed by atoms with van der Waals surface area (Å²) in [7, 11) is 0. The van der Waals surface area contributed by atoms with Crippen LogP contribution in [-0.2, 0) is 0 Å². The molecule has 0 bridgehead atoms. The quantitative estimate of drug-likeness (QED) is 0.485.